The van der Waals surface area contributed by atoms with Crippen molar-refractivity contribution >= 4 is 25.6 Å². The second-order valence-electron chi connectivity index (χ2n) is 9.83. The molecule has 1 aliphatic heterocycles. The van der Waals surface area contributed by atoms with Gasteiger partial charge in [0.2, 0.25) is 5.78 Å². The van der Waals surface area contributed by atoms with Crippen LogP contribution in [-0.4, -0.2) is 63.8 Å². The quantitative estimate of drug-likeness (QED) is 0.215. The molecule has 5 unspecified atom stereocenters. The van der Waals surface area contributed by atoms with Crippen molar-refractivity contribution in [2.45, 2.75) is 109 Å². The molecule has 0 spiro atoms. The molecule has 3 heterocycles. The molecule has 1 fully saturated rings. The van der Waals surface area contributed by atoms with Crippen LogP contribution in [0.15, 0.2) is 11.0 Å². The van der Waals surface area contributed by atoms with Crippen LogP contribution in [0.4, 0.5) is 0 Å². The molecule has 0 aromatic carbocycles. The average Bonchev–Trinajstić information content (AvgIpc) is 3.13. The van der Waals surface area contributed by atoms with Gasteiger partial charge in [0.15, 0.2) is 5.34 Å². The van der Waals surface area contributed by atoms with Crippen LogP contribution in [0.1, 0.15) is 82.7 Å². The van der Waals surface area contributed by atoms with Crippen LogP contribution < -0.4 is 5.56 Å². The second-order valence-corrected chi connectivity index (χ2v) is 12.3. The third-order valence-electron chi connectivity index (χ3n) is 7.93. The molecule has 2 aromatic rings. The van der Waals surface area contributed by atoms with Crippen molar-refractivity contribution in [1.29, 1.82) is 0 Å². The molecule has 37 heavy (non-hydrogen) atoms. The fourth-order valence-electron chi connectivity index (χ4n) is 4.79. The molecule has 1 saturated heterocycles. The van der Waals surface area contributed by atoms with Crippen molar-refractivity contribution < 1.29 is 34.0 Å². The summed E-state index contributed by atoms with van der Waals surface area (Å²) in [4.78, 5) is 29.8. The molecule has 0 saturated carbocycles. The first-order chi connectivity index (χ1) is 17.2. The molecule has 3 rings (SSSR count). The number of H-pyrrole nitrogens is 1. The maximum Gasteiger partial charge on any atom is 0.359 e. The highest BCUT2D eigenvalue weighted by Crippen LogP contribution is 2.61. The number of fused-ring (bicyclic) bond motifs is 1. The molecular weight excluding hydrogens is 521 g/mol. The van der Waals surface area contributed by atoms with Crippen molar-refractivity contribution in [1.82, 2.24) is 14.4 Å². The Kier molecular flexibility index (Phi) is 8.88. The molecule has 5 N–H and O–H groups in total. The molecular formula is C24H38N3O8PS. The first kappa shape index (κ1) is 30.0. The van der Waals surface area contributed by atoms with Crippen molar-refractivity contribution in [3.63, 3.8) is 0 Å². The number of hydrogen-bond donors (Lipinski definition) is 5. The number of aliphatic hydroxyl groups excluding tert-OH is 2. The summed E-state index contributed by atoms with van der Waals surface area (Å²) < 4.78 is 26.8. The Morgan fingerprint density at radius 3 is 2.30 bits per heavy atom. The molecule has 11 nitrogen and oxygen atoms in total. The van der Waals surface area contributed by atoms with E-state index in [1.807, 2.05) is 0 Å². The van der Waals surface area contributed by atoms with Gasteiger partial charge in [0.25, 0.3) is 5.56 Å². The third kappa shape index (κ3) is 5.35. The highest BCUT2D eigenvalue weighted by molar-refractivity contribution is 7.71. The summed E-state index contributed by atoms with van der Waals surface area (Å²) >= 11 is 5.42. The van der Waals surface area contributed by atoms with E-state index >= 15 is 0 Å². The van der Waals surface area contributed by atoms with Crippen molar-refractivity contribution in [2.75, 3.05) is 0 Å². The van der Waals surface area contributed by atoms with E-state index in [-0.39, 0.29) is 35.2 Å². The van der Waals surface area contributed by atoms with Crippen molar-refractivity contribution in [3.05, 3.63) is 38.0 Å². The number of nitrogens with one attached hydrogen (secondary N) is 1. The van der Waals surface area contributed by atoms with E-state index in [9.17, 15) is 29.6 Å². The Morgan fingerprint density at radius 2 is 1.76 bits per heavy atom. The number of aliphatic hydroxyl groups is 3. The van der Waals surface area contributed by atoms with Crippen LogP contribution in [-0.2, 0) is 13.8 Å². The Balaban J connectivity index is 1.96. The monoisotopic (exact) mass is 559 g/mol. The molecule has 0 aliphatic carbocycles. The minimum Gasteiger partial charge on any atom is -0.388 e. The van der Waals surface area contributed by atoms with E-state index in [2.05, 4.69) is 9.97 Å². The van der Waals surface area contributed by atoms with Gasteiger partial charge in [-0.2, -0.15) is 0 Å². The smallest absolute Gasteiger partial charge is 0.359 e. The molecule has 1 aliphatic rings. The number of aromatic nitrogens is 3. The Morgan fingerprint density at radius 1 is 1.16 bits per heavy atom. The number of aryl methyl sites for hydroxylation is 1. The van der Waals surface area contributed by atoms with Gasteiger partial charge < -0.3 is 24.9 Å². The lowest BCUT2D eigenvalue weighted by atomic mass is 9.88. The molecule has 208 valence electrons. The van der Waals surface area contributed by atoms with Crippen LogP contribution in [0.2, 0.25) is 0 Å². The SMILES string of the molecule is CCC(CC)(CC1OC(c2cn3c(C)c(C)c(=O)[nH]c3nc2=S)C(O)C1O)OP(=O)(O)C(O)(CC)CC. The van der Waals surface area contributed by atoms with Gasteiger partial charge in [-0.3, -0.25) is 23.3 Å². The topological polar surface area (TPSA) is 167 Å². The predicted molar refractivity (Wildman–Crippen MR) is 140 cm³/mol. The third-order valence-corrected chi connectivity index (χ3v) is 10.6. The highest BCUT2D eigenvalue weighted by Gasteiger charge is 2.52. The Bertz CT molecular complexity index is 1300. The average molecular weight is 560 g/mol. The van der Waals surface area contributed by atoms with E-state index < -0.39 is 43.0 Å². The molecule has 0 bridgehead atoms. The van der Waals surface area contributed by atoms with Crippen molar-refractivity contribution in [3.8, 4) is 0 Å². The predicted octanol–water partition coefficient (Wildman–Crippen LogP) is 3.19. The van der Waals surface area contributed by atoms with E-state index in [0.29, 0.717) is 29.7 Å². The van der Waals surface area contributed by atoms with Crippen LogP contribution in [0, 0.1) is 18.5 Å². The fourth-order valence-corrected chi connectivity index (χ4v) is 6.87. The maximum atomic E-state index is 13.2. The highest BCUT2D eigenvalue weighted by atomic mass is 32.1. The first-order valence-corrected chi connectivity index (χ1v) is 14.6. The maximum absolute atomic E-state index is 13.2. The van der Waals surface area contributed by atoms with Crippen LogP contribution in [0.25, 0.3) is 5.78 Å². The van der Waals surface area contributed by atoms with Crippen LogP contribution in [0.5, 0.6) is 0 Å². The van der Waals surface area contributed by atoms with Crippen molar-refractivity contribution in [2.24, 2.45) is 0 Å². The van der Waals surface area contributed by atoms with Gasteiger partial charge >= 0.3 is 7.60 Å². The molecule has 13 heteroatoms. The summed E-state index contributed by atoms with van der Waals surface area (Å²) in [6.45, 7) is 10.2. The lowest BCUT2D eigenvalue weighted by molar-refractivity contribution is -0.0631. The molecule has 2 aromatic heterocycles. The number of ether oxygens (including phenoxy) is 1. The molecule has 0 radical (unpaired) electrons. The molecule has 5 atom stereocenters. The number of rotatable bonds is 10. The Hall–Kier alpha value is -1.50. The van der Waals surface area contributed by atoms with Crippen LogP contribution >= 0.6 is 19.8 Å². The Labute approximate surface area is 221 Å². The van der Waals surface area contributed by atoms with E-state index in [1.54, 1.807) is 52.1 Å². The summed E-state index contributed by atoms with van der Waals surface area (Å²) in [5, 5.41) is 30.7. The minimum atomic E-state index is -4.49. The second kappa shape index (κ2) is 10.9. The normalized spacial score (nSPS) is 24.5. The van der Waals surface area contributed by atoms with Crippen LogP contribution in [0.3, 0.4) is 0 Å². The summed E-state index contributed by atoms with van der Waals surface area (Å²) in [6.07, 6.45) is -2.39. The van der Waals surface area contributed by atoms with E-state index in [1.165, 1.54) is 0 Å². The summed E-state index contributed by atoms with van der Waals surface area (Å²) in [5.41, 5.74) is -0.00393. The fraction of sp³-hybridized carbons (Fsp3) is 0.708. The minimum absolute atomic E-state index is 0.00481. The zero-order valence-corrected chi connectivity index (χ0v) is 23.8. The lowest BCUT2D eigenvalue weighted by Gasteiger charge is -2.40. The van der Waals surface area contributed by atoms with Gasteiger partial charge in [-0.25, -0.2) is 4.98 Å². The standard InChI is InChI=1S/C24H38N3O8PS/c1-7-23(8-2,35-36(32,33)24(31,9-3)10-4)11-16-17(28)18(29)19(34-16)15-12-27-14(6)13(5)20(30)25-22(27)26-21(15)37/h12,16-19,28-29,31H,7-11H2,1-6H3,(H,32,33)(H,25,26,30,37). The van der Waals surface area contributed by atoms with Gasteiger partial charge in [-0.05, 0) is 39.5 Å². The first-order valence-electron chi connectivity index (χ1n) is 12.6. The zero-order chi connectivity index (χ0) is 27.9. The van der Waals surface area contributed by atoms with Gasteiger partial charge in [-0.1, -0.05) is 39.9 Å². The van der Waals surface area contributed by atoms with Gasteiger partial charge in [0.1, 0.15) is 23.0 Å². The van der Waals surface area contributed by atoms with E-state index in [0.717, 1.165) is 0 Å². The number of hydrogen-bond acceptors (Lipinski definition) is 9. The van der Waals surface area contributed by atoms with Gasteiger partial charge in [0, 0.05) is 29.4 Å². The van der Waals surface area contributed by atoms with Gasteiger partial charge in [0.05, 0.1) is 11.7 Å². The van der Waals surface area contributed by atoms with Gasteiger partial charge in [-0.15, -0.1) is 0 Å². The zero-order valence-electron chi connectivity index (χ0n) is 22.1. The number of nitrogens with zero attached hydrogens (tertiary/aromatic N) is 2. The summed E-state index contributed by atoms with van der Waals surface area (Å²) in [7, 11) is -4.49. The van der Waals surface area contributed by atoms with E-state index in [4.69, 9.17) is 21.5 Å². The summed E-state index contributed by atoms with van der Waals surface area (Å²) in [6, 6.07) is 0. The largest absolute Gasteiger partial charge is 0.388 e. The lowest BCUT2D eigenvalue weighted by Crippen LogP contribution is -2.42. The number of aromatic amines is 1. The summed E-state index contributed by atoms with van der Waals surface area (Å²) in [5.74, 6) is 0.244. The molecule has 0 amide bonds.